The first-order valence-electron chi connectivity index (χ1n) is 21.1. The molecule has 4 amide bonds. The van der Waals surface area contributed by atoms with Gasteiger partial charge in [-0.3, -0.25) is 39.3 Å². The average Bonchev–Trinajstić information content (AvgIpc) is 3.93. The summed E-state index contributed by atoms with van der Waals surface area (Å²) in [7, 11) is 0. The molecule has 2 aromatic carbocycles. The second kappa shape index (κ2) is 16.2. The molecule has 9 rings (SSSR count). The Kier molecular flexibility index (Phi) is 10.7. The van der Waals surface area contributed by atoms with E-state index in [4.69, 9.17) is 9.73 Å². The number of aromatic nitrogens is 2. The Morgan fingerprint density at radius 2 is 1.57 bits per heavy atom. The zero-order chi connectivity index (χ0) is 39.9. The number of carbonyl (C=O) groups is 4. The largest absolute Gasteiger partial charge is 0.491 e. The summed E-state index contributed by atoms with van der Waals surface area (Å²) in [5, 5.41) is 2.26. The number of rotatable bonds is 11. The Bertz CT molecular complexity index is 2120. The molecule has 7 heterocycles. The predicted octanol–water partition coefficient (Wildman–Crippen LogP) is 3.77. The molecule has 58 heavy (non-hydrogen) atoms. The van der Waals surface area contributed by atoms with Crippen LogP contribution < -0.4 is 19.9 Å². The van der Waals surface area contributed by atoms with E-state index < -0.39 is 23.8 Å². The molecule has 6 aliphatic rings. The average molecular weight is 788 g/mol. The number of amides is 4. The molecule has 0 radical (unpaired) electrons. The van der Waals surface area contributed by atoms with Gasteiger partial charge in [0, 0.05) is 76.1 Å². The lowest BCUT2D eigenvalue weighted by Crippen LogP contribution is -2.54. The third-order valence-electron chi connectivity index (χ3n) is 12.9. The fourth-order valence-corrected chi connectivity index (χ4v) is 9.65. The molecular weight excluding hydrogens is 735 g/mol. The van der Waals surface area contributed by atoms with Gasteiger partial charge in [-0.05, 0) is 107 Å². The lowest BCUT2D eigenvalue weighted by molar-refractivity contribution is -0.136. The van der Waals surface area contributed by atoms with E-state index in [1.54, 1.807) is 12.4 Å². The summed E-state index contributed by atoms with van der Waals surface area (Å²) in [4.78, 5) is 75.7. The molecule has 14 nitrogen and oxygen atoms in total. The van der Waals surface area contributed by atoms with E-state index in [0.29, 0.717) is 23.6 Å². The van der Waals surface area contributed by atoms with Crippen LogP contribution in [0.3, 0.4) is 0 Å². The van der Waals surface area contributed by atoms with Crippen molar-refractivity contribution < 1.29 is 23.9 Å². The maximum atomic E-state index is 13.3. The lowest BCUT2D eigenvalue weighted by atomic mass is 9.95. The van der Waals surface area contributed by atoms with E-state index in [-0.39, 0.29) is 24.9 Å². The summed E-state index contributed by atoms with van der Waals surface area (Å²) >= 11 is 0. The van der Waals surface area contributed by atoms with Crippen LogP contribution in [0.15, 0.2) is 53.8 Å². The molecule has 0 spiro atoms. The molecule has 1 N–H and O–H groups in total. The molecule has 0 bridgehead atoms. The van der Waals surface area contributed by atoms with E-state index in [2.05, 4.69) is 53.1 Å². The summed E-state index contributed by atoms with van der Waals surface area (Å²) < 4.78 is 5.96. The van der Waals surface area contributed by atoms with Crippen LogP contribution >= 0.6 is 0 Å². The Labute approximate surface area is 339 Å². The second-order valence-corrected chi connectivity index (χ2v) is 17.1. The predicted molar refractivity (Wildman–Crippen MR) is 219 cm³/mol. The molecule has 14 heteroatoms. The van der Waals surface area contributed by atoms with Gasteiger partial charge >= 0.3 is 0 Å². The third-order valence-corrected chi connectivity index (χ3v) is 12.9. The number of piperidine rings is 2. The normalized spacial score (nSPS) is 23.2. The van der Waals surface area contributed by atoms with Gasteiger partial charge in [-0.25, -0.2) is 9.97 Å². The van der Waals surface area contributed by atoms with Gasteiger partial charge in [0.25, 0.3) is 11.8 Å². The Morgan fingerprint density at radius 3 is 2.36 bits per heavy atom. The number of nitrogens with zero attached hydrogens (tertiary/aromatic N) is 8. The molecule has 4 saturated heterocycles. The van der Waals surface area contributed by atoms with Gasteiger partial charge in [-0.2, -0.15) is 0 Å². The number of hydrogen-bond donors (Lipinski definition) is 1. The Hall–Kier alpha value is -5.21. The molecule has 4 fully saturated rings. The zero-order valence-electron chi connectivity index (χ0n) is 33.6. The number of imide groups is 2. The Morgan fingerprint density at radius 1 is 0.776 bits per heavy atom. The van der Waals surface area contributed by atoms with Crippen LogP contribution in [0.5, 0.6) is 5.75 Å². The fraction of sp³-hybridized carbons (Fsp3) is 0.523. The highest BCUT2D eigenvalue weighted by Gasteiger charge is 2.45. The van der Waals surface area contributed by atoms with Gasteiger partial charge in [-0.15, -0.1) is 0 Å². The van der Waals surface area contributed by atoms with Crippen molar-refractivity contribution in [1.29, 1.82) is 0 Å². The first-order chi connectivity index (χ1) is 28.2. The van der Waals surface area contributed by atoms with E-state index >= 15 is 0 Å². The van der Waals surface area contributed by atoms with E-state index in [1.807, 2.05) is 32.0 Å². The number of nitrogens with one attached hydrogen (secondary N) is 1. The van der Waals surface area contributed by atoms with Gasteiger partial charge in [-0.1, -0.05) is 6.07 Å². The van der Waals surface area contributed by atoms with Crippen molar-refractivity contribution in [2.45, 2.75) is 71.1 Å². The molecular formula is C44H53N9O5. The minimum Gasteiger partial charge on any atom is -0.491 e. The summed E-state index contributed by atoms with van der Waals surface area (Å²) in [6.45, 7) is 15.1. The van der Waals surface area contributed by atoms with Crippen molar-refractivity contribution in [1.82, 2.24) is 30.0 Å². The van der Waals surface area contributed by atoms with Gasteiger partial charge in [0.05, 0.1) is 35.2 Å². The highest BCUT2D eigenvalue weighted by atomic mass is 16.5. The molecule has 1 unspecified atom stereocenters. The van der Waals surface area contributed by atoms with Crippen LogP contribution in [0, 0.1) is 11.8 Å². The van der Waals surface area contributed by atoms with Crippen molar-refractivity contribution in [2.75, 3.05) is 75.2 Å². The van der Waals surface area contributed by atoms with Crippen LogP contribution in [0.1, 0.15) is 89.9 Å². The molecule has 1 aromatic heterocycles. The first kappa shape index (κ1) is 38.3. The quantitative estimate of drug-likeness (QED) is 0.284. The lowest BCUT2D eigenvalue weighted by Gasteiger charge is -2.36. The second-order valence-electron chi connectivity index (χ2n) is 17.1. The number of piperazine rings is 1. The van der Waals surface area contributed by atoms with Crippen molar-refractivity contribution >= 4 is 40.8 Å². The monoisotopic (exact) mass is 787 g/mol. The van der Waals surface area contributed by atoms with E-state index in [0.717, 1.165) is 110 Å². The SMILES string of the molecule is CC(C)Oc1ccc2c(c1)C(c1cc(N3CCN(CC[C@H]4CCN(CC5CCN(c6ccc7c(c6)C(=O)N(C6CCC(=O)NC6=O)C7=O)CC5)C4)CC3)ncn1)=NC2. The number of likely N-dealkylation sites (tertiary alicyclic amines) is 1. The minimum absolute atomic E-state index is 0.110. The number of aliphatic imine (C=N–C) groups is 1. The summed E-state index contributed by atoms with van der Waals surface area (Å²) in [6.07, 6.45) is 6.71. The number of fused-ring (bicyclic) bond motifs is 2. The topological polar surface area (TPSA) is 144 Å². The molecule has 0 aliphatic carbocycles. The van der Waals surface area contributed by atoms with E-state index in [9.17, 15) is 19.2 Å². The maximum absolute atomic E-state index is 13.3. The zero-order valence-corrected chi connectivity index (χ0v) is 33.6. The van der Waals surface area contributed by atoms with Crippen molar-refractivity contribution in [3.8, 4) is 5.75 Å². The van der Waals surface area contributed by atoms with Crippen LogP contribution in [-0.4, -0.2) is 132 Å². The fourth-order valence-electron chi connectivity index (χ4n) is 9.65. The minimum atomic E-state index is -0.950. The third kappa shape index (κ3) is 7.83. The molecule has 3 aromatic rings. The van der Waals surface area contributed by atoms with Gasteiger partial charge < -0.3 is 19.4 Å². The number of ether oxygens (including phenoxy) is 1. The summed E-state index contributed by atoms with van der Waals surface area (Å²) in [5.41, 5.74) is 5.67. The van der Waals surface area contributed by atoms with E-state index in [1.165, 1.54) is 31.5 Å². The number of anilines is 2. The smallest absolute Gasteiger partial charge is 0.262 e. The van der Waals surface area contributed by atoms with Crippen molar-refractivity contribution in [2.24, 2.45) is 16.8 Å². The molecule has 6 aliphatic heterocycles. The highest BCUT2D eigenvalue weighted by molar-refractivity contribution is 6.23. The number of benzene rings is 2. The highest BCUT2D eigenvalue weighted by Crippen LogP contribution is 2.33. The number of hydrogen-bond acceptors (Lipinski definition) is 12. The van der Waals surface area contributed by atoms with Crippen molar-refractivity contribution in [3.63, 3.8) is 0 Å². The van der Waals surface area contributed by atoms with Gasteiger partial charge in [0.1, 0.15) is 23.9 Å². The summed E-state index contributed by atoms with van der Waals surface area (Å²) in [6, 6.07) is 12.8. The van der Waals surface area contributed by atoms with Gasteiger partial charge in [0.2, 0.25) is 11.8 Å². The van der Waals surface area contributed by atoms with Crippen LogP contribution in [-0.2, 0) is 16.1 Å². The molecule has 2 atom stereocenters. The molecule has 0 saturated carbocycles. The standard InChI is InChI=1S/C44H53N9O5/c1-28(2)58-33-5-3-31-24-45-41(35(31)22-33)37-23-39(47-27-46-37)52-19-17-49(18-20-52)13-9-29-10-14-50(25-29)26-30-11-15-51(16-12-30)32-4-6-34-36(21-32)44(57)53(43(34)56)38-7-8-40(54)48-42(38)55/h3-6,21-23,27-30,38H,7-20,24-26H2,1-2H3,(H,48,54,55)/t29-,38?/m0/s1. The van der Waals surface area contributed by atoms with Crippen LogP contribution in [0.4, 0.5) is 11.5 Å². The van der Waals surface area contributed by atoms with Crippen LogP contribution in [0.25, 0.3) is 0 Å². The first-order valence-corrected chi connectivity index (χ1v) is 21.1. The van der Waals surface area contributed by atoms with Gasteiger partial charge in [0.15, 0.2) is 0 Å². The number of carbonyl (C=O) groups excluding carboxylic acids is 4. The van der Waals surface area contributed by atoms with Crippen molar-refractivity contribution in [3.05, 3.63) is 76.7 Å². The maximum Gasteiger partial charge on any atom is 0.262 e. The Balaban J connectivity index is 0.705. The summed E-state index contributed by atoms with van der Waals surface area (Å²) in [5.74, 6) is 1.31. The van der Waals surface area contributed by atoms with Crippen LogP contribution in [0.2, 0.25) is 0 Å². The molecule has 304 valence electrons.